The first-order valence-electron chi connectivity index (χ1n) is 44.7. The van der Waals surface area contributed by atoms with Crippen molar-refractivity contribution >= 4 is 115 Å². The summed E-state index contributed by atoms with van der Waals surface area (Å²) >= 11 is 0. The van der Waals surface area contributed by atoms with E-state index in [1.165, 1.54) is 6.20 Å². The lowest BCUT2D eigenvalue weighted by atomic mass is 9.91. The maximum Gasteiger partial charge on any atom is 0.342 e. The number of urea groups is 4. The van der Waals surface area contributed by atoms with Crippen LogP contribution in [0.2, 0.25) is 0 Å². The maximum absolute atomic E-state index is 13.7. The van der Waals surface area contributed by atoms with Crippen LogP contribution in [0.15, 0.2) is 73.8 Å². The number of hydrogen-bond acceptors (Lipinski definition) is 21. The number of likely N-dealkylation sites (N-methyl/N-ethyl adjacent to an activating group) is 4. The van der Waals surface area contributed by atoms with Crippen LogP contribution >= 0.6 is 0 Å². The van der Waals surface area contributed by atoms with Crippen molar-refractivity contribution < 1.29 is 79.6 Å². The first kappa shape index (κ1) is 93.2. The van der Waals surface area contributed by atoms with Crippen LogP contribution in [0.5, 0.6) is 0 Å². The van der Waals surface area contributed by atoms with Crippen molar-refractivity contribution in [1.82, 2.24) is 79.1 Å². The Kier molecular flexibility index (Phi) is 30.5. The van der Waals surface area contributed by atoms with Gasteiger partial charge in [0.15, 0.2) is 0 Å². The molecule has 8 aromatic rings. The number of rotatable bonds is 18. The molecule has 127 heavy (non-hydrogen) atoms. The fourth-order valence-corrected chi connectivity index (χ4v) is 19.0. The van der Waals surface area contributed by atoms with E-state index in [-0.39, 0.29) is 106 Å². The molecule has 33 nitrogen and oxygen atoms in total. The summed E-state index contributed by atoms with van der Waals surface area (Å²) in [5, 5.41) is 3.32. The largest absolute Gasteiger partial charge is 0.462 e. The van der Waals surface area contributed by atoms with E-state index in [0.29, 0.717) is 173 Å². The molecule has 0 aromatic carbocycles. The molecule has 0 bridgehead atoms. The molecule has 690 valence electrons. The van der Waals surface area contributed by atoms with Gasteiger partial charge in [-0.25, -0.2) is 75.9 Å². The average Bonchev–Trinajstić information content (AvgIpc) is 1.75. The third kappa shape index (κ3) is 20.9. The van der Waals surface area contributed by atoms with Crippen LogP contribution in [-0.4, -0.2) is 348 Å². The number of piperidine rings is 4. The normalized spacial score (nSPS) is 23.7. The molecule has 12 atom stereocenters. The van der Waals surface area contributed by atoms with E-state index >= 15 is 0 Å². The van der Waals surface area contributed by atoms with Crippen molar-refractivity contribution in [1.29, 1.82) is 0 Å². The molecule has 8 aromatic heterocycles. The predicted octanol–water partition coefficient (Wildman–Crippen LogP) is 12.2. The summed E-state index contributed by atoms with van der Waals surface area (Å²) in [6.07, 6.45) is 14.3. The van der Waals surface area contributed by atoms with Gasteiger partial charge in [-0.05, 0) is 127 Å². The molecule has 8 aliphatic heterocycles. The third-order valence-electron chi connectivity index (χ3n) is 26.3. The summed E-state index contributed by atoms with van der Waals surface area (Å²) in [4.78, 5) is 155. The zero-order valence-corrected chi connectivity index (χ0v) is 75.2. The van der Waals surface area contributed by atoms with E-state index < -0.39 is 48.6 Å². The topological polar surface area (TPSA) is 336 Å². The number of aromatic nitrogens is 8. The van der Waals surface area contributed by atoms with Crippen LogP contribution in [0.3, 0.4) is 0 Å². The Morgan fingerprint density at radius 1 is 0.370 bits per heavy atom. The van der Waals surface area contributed by atoms with Gasteiger partial charge in [-0.3, -0.25) is 0 Å². The Balaban J connectivity index is 0.000000145. The maximum atomic E-state index is 13.7. The van der Waals surface area contributed by atoms with Gasteiger partial charge in [0, 0.05) is 209 Å². The number of fused-ring (bicyclic) bond motifs is 4. The quantitative estimate of drug-likeness (QED) is 0.0268. The molecule has 0 saturated carbocycles. The lowest BCUT2D eigenvalue weighted by Crippen LogP contribution is -2.55. The number of hydrogen-bond donors (Lipinski definition) is 4. The highest BCUT2D eigenvalue weighted by atomic mass is 19.1. The number of nitrogens with one attached hydrogen (secondary N) is 4. The van der Waals surface area contributed by atoms with Gasteiger partial charge in [-0.2, -0.15) is 0 Å². The van der Waals surface area contributed by atoms with Gasteiger partial charge in [0.05, 0.1) is 74.9 Å². The number of halogens is 4. The highest BCUT2D eigenvalue weighted by Crippen LogP contribution is 2.41. The average molecular weight is 1770 g/mol. The summed E-state index contributed by atoms with van der Waals surface area (Å²) in [6.45, 7) is 24.0. The highest BCUT2D eigenvalue weighted by molar-refractivity contribution is 6.08. The molecule has 0 spiro atoms. The number of alkyl halides is 4. The van der Waals surface area contributed by atoms with Crippen molar-refractivity contribution in [2.75, 3.05) is 186 Å². The third-order valence-corrected chi connectivity index (χ3v) is 26.3. The summed E-state index contributed by atoms with van der Waals surface area (Å²) in [5.41, 5.74) is 7.32. The molecular formula is C90H124F4N20O13. The van der Waals surface area contributed by atoms with Crippen molar-refractivity contribution in [2.45, 2.75) is 162 Å². The van der Waals surface area contributed by atoms with Crippen molar-refractivity contribution in [3.8, 4) is 0 Å². The molecule has 8 amide bonds. The second kappa shape index (κ2) is 41.6. The van der Waals surface area contributed by atoms with E-state index in [1.807, 2.05) is 85.9 Å². The van der Waals surface area contributed by atoms with E-state index in [4.69, 9.17) is 23.7 Å². The molecule has 0 aliphatic carbocycles. The van der Waals surface area contributed by atoms with Gasteiger partial charge in [0.1, 0.15) is 76.1 Å². The highest BCUT2D eigenvalue weighted by Gasteiger charge is 2.44. The zero-order valence-electron chi connectivity index (χ0n) is 75.2. The minimum Gasteiger partial charge on any atom is -0.462 e. The molecule has 16 rings (SSSR count). The fourth-order valence-electron chi connectivity index (χ4n) is 19.0. The van der Waals surface area contributed by atoms with Crippen LogP contribution in [0, 0.1) is 23.7 Å². The minimum absolute atomic E-state index is 0.00449. The Labute approximate surface area is 737 Å². The Morgan fingerprint density at radius 3 is 0.835 bits per heavy atom. The number of H-pyrrole nitrogens is 4. The molecule has 8 fully saturated rings. The lowest BCUT2D eigenvalue weighted by molar-refractivity contribution is 0.0372. The number of methoxy groups -OCH3 is 1. The molecule has 8 saturated heterocycles. The Bertz CT molecular complexity index is 5010. The number of likely N-dealkylation sites (tertiary alicyclic amines) is 8. The first-order valence-corrected chi connectivity index (χ1v) is 44.7. The van der Waals surface area contributed by atoms with Crippen LogP contribution < -0.4 is 19.6 Å². The predicted molar refractivity (Wildman–Crippen MR) is 475 cm³/mol. The molecule has 16 heterocycles. The summed E-state index contributed by atoms with van der Waals surface area (Å²) in [6, 6.07) is 7.14. The van der Waals surface area contributed by atoms with Gasteiger partial charge >= 0.3 is 48.0 Å². The molecule has 4 N–H and O–H groups in total. The molecule has 8 aliphatic rings. The Morgan fingerprint density at radius 2 is 0.606 bits per heavy atom. The van der Waals surface area contributed by atoms with E-state index in [9.17, 15) is 55.9 Å². The second-order valence-corrected chi connectivity index (χ2v) is 35.1. The summed E-state index contributed by atoms with van der Waals surface area (Å²) in [7, 11) is 9.35. The fraction of sp³-hybridized carbons (Fsp3) is 0.600. The second-order valence-electron chi connectivity index (χ2n) is 35.1. The van der Waals surface area contributed by atoms with Crippen molar-refractivity contribution in [3.63, 3.8) is 0 Å². The number of anilines is 4. The lowest BCUT2D eigenvalue weighted by Gasteiger charge is -2.43. The molecule has 37 heteroatoms. The number of nitrogens with zero attached hydrogens (tertiary/aromatic N) is 16. The van der Waals surface area contributed by atoms with Gasteiger partial charge in [-0.15, -0.1) is 0 Å². The first-order chi connectivity index (χ1) is 61.0. The van der Waals surface area contributed by atoms with Gasteiger partial charge in [-0.1, -0.05) is 27.7 Å². The van der Waals surface area contributed by atoms with Crippen LogP contribution in [0.4, 0.5) is 59.5 Å². The van der Waals surface area contributed by atoms with Gasteiger partial charge in [0.25, 0.3) is 0 Å². The van der Waals surface area contributed by atoms with Gasteiger partial charge in [0.2, 0.25) is 0 Å². The number of amides is 8. The van der Waals surface area contributed by atoms with Gasteiger partial charge < -0.3 is 102 Å². The van der Waals surface area contributed by atoms with E-state index in [0.717, 1.165) is 70.0 Å². The standard InChI is InChI=1S/C23H32FN5O4.C23H32FN5O3.2C22H30FN5O3/c1-15-5-8-29(23(31)28-9-6-16(24)13-28)14-19(15)27(2)20-17-4-7-25-21(17)26-12-18(20)22(30)33-11-10-32-3;1-14(2)32-22(30)18-11-26-21-17(5-8-25-21)20(18)27(4)19-13-29(9-6-15(19)3)23(31)28-10-7-16(24)12-28;2*1-4-31-21(29)17-11-25-20-16(5-8-24-20)19(17)26(3)18-13-28(9-6-14(18)2)22(30)27-10-7-15(23)12-27/h4,7,12,15-16,19H,5-6,8-11,13-14H2,1-3H3,(H,25,26);5,8,11,14-16,19H,6-7,9-10,12-13H2,1-4H3,(H,25,26);2*5,8,11,14-15,18H,4,6-7,9-10,12-13H2,1-3H3,(H,24,25)/t2*15-,16-,19+;14-,15+,18+;14-,15-,18+/m1111/s1. The van der Waals surface area contributed by atoms with E-state index in [1.54, 1.807) is 83.9 Å². The number of carbonyl (C=O) groups excluding carboxylic acids is 8. The summed E-state index contributed by atoms with van der Waals surface area (Å²) in [5.74, 6) is -0.520. The van der Waals surface area contributed by atoms with Crippen LogP contribution in [0.25, 0.3) is 44.1 Å². The molecule has 0 radical (unpaired) electrons. The van der Waals surface area contributed by atoms with Crippen LogP contribution in [0.1, 0.15) is 148 Å². The Hall–Kier alpha value is -11.4. The number of ether oxygens (including phenoxy) is 5. The summed E-state index contributed by atoms with van der Waals surface area (Å²) < 4.78 is 80.9. The minimum atomic E-state index is -0.943. The van der Waals surface area contributed by atoms with E-state index in [2.05, 4.69) is 87.2 Å². The smallest absolute Gasteiger partial charge is 0.342 e. The molecular weight excluding hydrogens is 1650 g/mol. The molecule has 0 unspecified atom stereocenters. The van der Waals surface area contributed by atoms with Crippen molar-refractivity contribution in [2.24, 2.45) is 23.7 Å². The SMILES string of the molecule is CC(C)OC(=O)c1cnc2[nH]ccc2c1N(C)[C@H]1CN(C(=O)N2CC[C@@H](F)C2)CC[C@H]1C.CCOC(=O)c1cnc2[nH]ccc2c1N(C)[C@H]1CN(C(=O)N2CC[C@@H](F)C2)CC[C@H]1C.CCOC(=O)c1cnc2[nH]ccc2c1N(C)[C@H]1CN(C(=O)N2CC[C@H](F)C2)CC[C@H]1C.COCCOC(=O)c1cnc2[nH]ccc2c1N(C)[C@H]1CN(C(=O)N2CC[C@@H](F)C2)CC[C@H]1C. The monoisotopic (exact) mass is 1770 g/mol. The number of carbonyl (C=O) groups is 8. The number of aromatic amines is 4. The van der Waals surface area contributed by atoms with Crippen molar-refractivity contribution in [3.05, 3.63) is 96.1 Å². The zero-order chi connectivity index (χ0) is 90.8. The number of pyridine rings is 4. The van der Waals surface area contributed by atoms with Crippen LogP contribution in [-0.2, 0) is 23.7 Å². The number of esters is 4.